The zero-order chi connectivity index (χ0) is 12.4. The summed E-state index contributed by atoms with van der Waals surface area (Å²) in [5, 5.41) is 0. The molecule has 0 aliphatic rings. The summed E-state index contributed by atoms with van der Waals surface area (Å²) in [5.41, 5.74) is 8.14. The van der Waals surface area contributed by atoms with Crippen LogP contribution in [0.5, 0.6) is 5.75 Å². The highest BCUT2D eigenvalue weighted by molar-refractivity contribution is 5.52. The van der Waals surface area contributed by atoms with E-state index in [2.05, 4.69) is 4.98 Å². The van der Waals surface area contributed by atoms with E-state index >= 15 is 0 Å². The third kappa shape index (κ3) is 2.13. The molecule has 0 amide bonds. The van der Waals surface area contributed by atoms with Crippen LogP contribution in [0.15, 0.2) is 54.9 Å². The Morgan fingerprint density at radius 1 is 1.17 bits per heavy atom. The maximum atomic E-state index is 5.71. The first-order valence-electron chi connectivity index (χ1n) is 5.72. The monoisotopic (exact) mass is 239 g/mol. The number of aromatic nitrogens is 2. The van der Waals surface area contributed by atoms with Crippen molar-refractivity contribution in [3.63, 3.8) is 0 Å². The van der Waals surface area contributed by atoms with Crippen molar-refractivity contribution in [1.29, 1.82) is 0 Å². The zero-order valence-corrected chi connectivity index (χ0v) is 9.78. The number of benzene rings is 1. The van der Waals surface area contributed by atoms with Gasteiger partial charge in [-0.2, -0.15) is 0 Å². The van der Waals surface area contributed by atoms with Crippen LogP contribution in [0.25, 0.3) is 5.65 Å². The molecular formula is C14H13N3O. The first-order chi connectivity index (χ1) is 8.81. The number of nitrogen functional groups attached to an aromatic ring is 1. The molecule has 0 bridgehead atoms. The van der Waals surface area contributed by atoms with Crippen molar-refractivity contribution in [2.45, 2.75) is 6.61 Å². The minimum Gasteiger partial charge on any atom is -0.487 e. The molecule has 2 heterocycles. The van der Waals surface area contributed by atoms with Gasteiger partial charge in [0.25, 0.3) is 0 Å². The lowest BCUT2D eigenvalue weighted by Gasteiger charge is -2.02. The maximum absolute atomic E-state index is 5.71. The van der Waals surface area contributed by atoms with E-state index < -0.39 is 0 Å². The molecule has 3 rings (SSSR count). The maximum Gasteiger partial charge on any atom is 0.139 e. The van der Waals surface area contributed by atoms with Crippen LogP contribution >= 0.6 is 0 Å². The number of nitrogens with two attached hydrogens (primary N) is 1. The summed E-state index contributed by atoms with van der Waals surface area (Å²) >= 11 is 0. The molecule has 4 nitrogen and oxygen atoms in total. The van der Waals surface area contributed by atoms with Crippen LogP contribution in [0.3, 0.4) is 0 Å². The SMILES string of the molecule is Nc1ccn2cc(COc3ccccc3)nc2c1. The number of fused-ring (bicyclic) bond motifs is 1. The molecule has 18 heavy (non-hydrogen) atoms. The zero-order valence-electron chi connectivity index (χ0n) is 9.78. The summed E-state index contributed by atoms with van der Waals surface area (Å²) < 4.78 is 7.58. The molecule has 0 unspecified atom stereocenters. The number of nitrogens with zero attached hydrogens (tertiary/aromatic N) is 2. The van der Waals surface area contributed by atoms with Gasteiger partial charge in [-0.05, 0) is 18.2 Å². The molecule has 0 saturated carbocycles. The largest absolute Gasteiger partial charge is 0.487 e. The standard InChI is InChI=1S/C14H13N3O/c15-11-6-7-17-9-12(16-14(17)8-11)10-18-13-4-2-1-3-5-13/h1-9H,10,15H2. The van der Waals surface area contributed by atoms with Gasteiger partial charge >= 0.3 is 0 Å². The highest BCUT2D eigenvalue weighted by atomic mass is 16.5. The van der Waals surface area contributed by atoms with Crippen LogP contribution in [0.4, 0.5) is 5.69 Å². The minimum absolute atomic E-state index is 0.450. The molecule has 90 valence electrons. The minimum atomic E-state index is 0.450. The molecule has 0 radical (unpaired) electrons. The topological polar surface area (TPSA) is 52.5 Å². The lowest BCUT2D eigenvalue weighted by molar-refractivity contribution is 0.302. The number of rotatable bonds is 3. The average Bonchev–Trinajstić information content (AvgIpc) is 2.79. The fraction of sp³-hybridized carbons (Fsp3) is 0.0714. The fourth-order valence-electron chi connectivity index (χ4n) is 1.79. The van der Waals surface area contributed by atoms with Gasteiger partial charge in [0.2, 0.25) is 0 Å². The Balaban J connectivity index is 1.79. The van der Waals surface area contributed by atoms with Gasteiger partial charge in [-0.1, -0.05) is 18.2 Å². The van der Waals surface area contributed by atoms with Crippen LogP contribution in [-0.2, 0) is 6.61 Å². The van der Waals surface area contributed by atoms with Crippen molar-refractivity contribution >= 4 is 11.3 Å². The molecule has 2 N–H and O–H groups in total. The number of hydrogen-bond acceptors (Lipinski definition) is 3. The fourth-order valence-corrected chi connectivity index (χ4v) is 1.79. The van der Waals surface area contributed by atoms with E-state index in [0.717, 1.165) is 17.1 Å². The summed E-state index contributed by atoms with van der Waals surface area (Å²) in [6, 6.07) is 13.4. The van der Waals surface area contributed by atoms with E-state index in [-0.39, 0.29) is 0 Å². The van der Waals surface area contributed by atoms with E-state index in [4.69, 9.17) is 10.5 Å². The van der Waals surface area contributed by atoms with Gasteiger partial charge < -0.3 is 14.9 Å². The third-order valence-electron chi connectivity index (χ3n) is 2.66. The molecule has 0 aliphatic carbocycles. The highest BCUT2D eigenvalue weighted by Gasteiger charge is 2.02. The molecule has 0 spiro atoms. The Labute approximate surface area is 105 Å². The Morgan fingerprint density at radius 2 is 2.00 bits per heavy atom. The van der Waals surface area contributed by atoms with Gasteiger partial charge in [-0.3, -0.25) is 0 Å². The molecule has 0 saturated heterocycles. The molecule has 0 aliphatic heterocycles. The summed E-state index contributed by atoms with van der Waals surface area (Å²) in [7, 11) is 0. The lowest BCUT2D eigenvalue weighted by atomic mass is 10.3. The molecule has 1 aromatic carbocycles. The summed E-state index contributed by atoms with van der Waals surface area (Å²) in [4.78, 5) is 4.45. The van der Waals surface area contributed by atoms with E-state index in [9.17, 15) is 0 Å². The van der Waals surface area contributed by atoms with Gasteiger partial charge in [0, 0.05) is 24.1 Å². The second-order valence-electron chi connectivity index (χ2n) is 4.06. The molecule has 3 aromatic rings. The van der Waals surface area contributed by atoms with Crippen molar-refractivity contribution in [3.8, 4) is 5.75 Å². The second kappa shape index (κ2) is 4.41. The smallest absolute Gasteiger partial charge is 0.139 e. The summed E-state index contributed by atoms with van der Waals surface area (Å²) in [6.45, 7) is 0.450. The molecular weight excluding hydrogens is 226 g/mol. The Hall–Kier alpha value is -2.49. The first kappa shape index (κ1) is 10.7. The van der Waals surface area contributed by atoms with Crippen molar-refractivity contribution in [2.24, 2.45) is 0 Å². The predicted octanol–water partition coefficient (Wildman–Crippen LogP) is 2.50. The first-order valence-corrected chi connectivity index (χ1v) is 5.72. The lowest BCUT2D eigenvalue weighted by Crippen LogP contribution is -1.94. The van der Waals surface area contributed by atoms with Crippen LogP contribution in [0.2, 0.25) is 0 Å². The van der Waals surface area contributed by atoms with E-state index in [0.29, 0.717) is 12.3 Å². The van der Waals surface area contributed by atoms with Gasteiger partial charge in [0.1, 0.15) is 18.0 Å². The molecule has 0 fully saturated rings. The van der Waals surface area contributed by atoms with Crippen LogP contribution in [0, 0.1) is 0 Å². The van der Waals surface area contributed by atoms with Crippen molar-refractivity contribution in [3.05, 3.63) is 60.6 Å². The van der Waals surface area contributed by atoms with Crippen molar-refractivity contribution in [1.82, 2.24) is 9.38 Å². The van der Waals surface area contributed by atoms with Crippen molar-refractivity contribution < 1.29 is 4.74 Å². The quantitative estimate of drug-likeness (QED) is 0.764. The summed E-state index contributed by atoms with van der Waals surface area (Å²) in [5.74, 6) is 0.842. The number of pyridine rings is 1. The van der Waals surface area contributed by atoms with E-state index in [1.54, 1.807) is 0 Å². The van der Waals surface area contributed by atoms with Crippen LogP contribution in [-0.4, -0.2) is 9.38 Å². The van der Waals surface area contributed by atoms with Crippen molar-refractivity contribution in [2.75, 3.05) is 5.73 Å². The number of anilines is 1. The Kier molecular flexibility index (Phi) is 2.61. The van der Waals surface area contributed by atoms with E-state index in [1.807, 2.05) is 59.3 Å². The Bertz CT molecular complexity index is 661. The van der Waals surface area contributed by atoms with Gasteiger partial charge in [0.15, 0.2) is 0 Å². The van der Waals surface area contributed by atoms with Gasteiger partial charge in [-0.15, -0.1) is 0 Å². The van der Waals surface area contributed by atoms with Crippen LogP contribution < -0.4 is 10.5 Å². The molecule has 2 aromatic heterocycles. The Morgan fingerprint density at radius 3 is 2.83 bits per heavy atom. The number of imidazole rings is 1. The molecule has 0 atom stereocenters. The van der Waals surface area contributed by atoms with Crippen LogP contribution in [0.1, 0.15) is 5.69 Å². The van der Waals surface area contributed by atoms with E-state index in [1.165, 1.54) is 0 Å². The molecule has 4 heteroatoms. The number of ether oxygens (including phenoxy) is 1. The number of hydrogen-bond donors (Lipinski definition) is 1. The number of para-hydroxylation sites is 1. The van der Waals surface area contributed by atoms with Gasteiger partial charge in [0.05, 0.1) is 5.69 Å². The highest BCUT2D eigenvalue weighted by Crippen LogP contribution is 2.13. The average molecular weight is 239 g/mol. The second-order valence-corrected chi connectivity index (χ2v) is 4.06. The predicted molar refractivity (Wildman–Crippen MR) is 70.4 cm³/mol. The normalized spacial score (nSPS) is 10.7. The third-order valence-corrected chi connectivity index (χ3v) is 2.66. The summed E-state index contributed by atoms with van der Waals surface area (Å²) in [6.07, 6.45) is 3.83. The van der Waals surface area contributed by atoms with Gasteiger partial charge in [-0.25, -0.2) is 4.98 Å².